The Labute approximate surface area is 83.0 Å². The molecule has 0 spiro atoms. The van der Waals surface area contributed by atoms with Crippen LogP contribution in [0, 0.1) is 0 Å². The minimum atomic E-state index is -0.955. The number of carboxylic acid groups (broad SMARTS) is 1. The third-order valence-corrected chi connectivity index (χ3v) is 2.07. The molecule has 0 amide bonds. The Bertz CT molecular complexity index is 326. The highest BCUT2D eigenvalue weighted by atomic mass is 16.4. The van der Waals surface area contributed by atoms with Crippen molar-refractivity contribution in [3.63, 3.8) is 0 Å². The second-order valence-corrected chi connectivity index (χ2v) is 3.18. The molecule has 0 bridgehead atoms. The van der Waals surface area contributed by atoms with Crippen molar-refractivity contribution in [2.75, 3.05) is 5.32 Å². The molecule has 4 heteroatoms. The molecule has 76 valence electrons. The summed E-state index contributed by atoms with van der Waals surface area (Å²) in [6.45, 7) is 4.05. The van der Waals surface area contributed by atoms with Gasteiger partial charge in [-0.15, -0.1) is 0 Å². The van der Waals surface area contributed by atoms with E-state index in [1.54, 1.807) is 12.3 Å². The van der Waals surface area contributed by atoms with Crippen LogP contribution in [0.25, 0.3) is 0 Å². The largest absolute Gasteiger partial charge is 0.478 e. The SMILES string of the molecule is CCC(C)Nc1ccncc1C(=O)O. The summed E-state index contributed by atoms with van der Waals surface area (Å²) in [5.74, 6) is -0.955. The molecule has 0 aliphatic rings. The lowest BCUT2D eigenvalue weighted by molar-refractivity contribution is 0.0697. The van der Waals surface area contributed by atoms with E-state index in [0.29, 0.717) is 5.69 Å². The van der Waals surface area contributed by atoms with Gasteiger partial charge in [0.25, 0.3) is 0 Å². The first-order valence-corrected chi connectivity index (χ1v) is 4.59. The molecule has 0 aliphatic carbocycles. The van der Waals surface area contributed by atoms with E-state index in [0.717, 1.165) is 6.42 Å². The Hall–Kier alpha value is -1.58. The maximum Gasteiger partial charge on any atom is 0.339 e. The first-order chi connectivity index (χ1) is 6.65. The molecule has 1 aromatic heterocycles. The van der Waals surface area contributed by atoms with Crippen LogP contribution in [0.1, 0.15) is 30.6 Å². The van der Waals surface area contributed by atoms with Crippen molar-refractivity contribution in [3.8, 4) is 0 Å². The molecular formula is C10H14N2O2. The number of carbonyl (C=O) groups is 1. The van der Waals surface area contributed by atoms with Crippen LogP contribution in [0.3, 0.4) is 0 Å². The van der Waals surface area contributed by atoms with E-state index in [-0.39, 0.29) is 11.6 Å². The van der Waals surface area contributed by atoms with E-state index in [4.69, 9.17) is 5.11 Å². The summed E-state index contributed by atoms with van der Waals surface area (Å²) in [7, 11) is 0. The molecule has 14 heavy (non-hydrogen) atoms. The highest BCUT2D eigenvalue weighted by molar-refractivity contribution is 5.93. The van der Waals surface area contributed by atoms with E-state index in [1.165, 1.54) is 6.20 Å². The van der Waals surface area contributed by atoms with Gasteiger partial charge >= 0.3 is 5.97 Å². The Morgan fingerprint density at radius 3 is 3.00 bits per heavy atom. The molecule has 0 fully saturated rings. The lowest BCUT2D eigenvalue weighted by atomic mass is 10.2. The summed E-state index contributed by atoms with van der Waals surface area (Å²) >= 11 is 0. The number of aromatic nitrogens is 1. The molecule has 1 heterocycles. The van der Waals surface area contributed by atoms with Crippen molar-refractivity contribution in [2.24, 2.45) is 0 Å². The first-order valence-electron chi connectivity index (χ1n) is 4.59. The number of carboxylic acids is 1. The van der Waals surface area contributed by atoms with Crippen LogP contribution in [0.4, 0.5) is 5.69 Å². The molecule has 1 rings (SSSR count). The molecule has 0 aromatic carbocycles. The Morgan fingerprint density at radius 1 is 1.71 bits per heavy atom. The predicted molar refractivity (Wildman–Crippen MR) is 54.6 cm³/mol. The number of hydrogen-bond donors (Lipinski definition) is 2. The number of nitrogens with zero attached hydrogens (tertiary/aromatic N) is 1. The quantitative estimate of drug-likeness (QED) is 0.769. The maximum atomic E-state index is 10.8. The van der Waals surface area contributed by atoms with Crippen molar-refractivity contribution in [1.29, 1.82) is 0 Å². The molecule has 4 nitrogen and oxygen atoms in total. The minimum Gasteiger partial charge on any atom is -0.478 e. The summed E-state index contributed by atoms with van der Waals surface area (Å²) in [6.07, 6.45) is 3.88. The van der Waals surface area contributed by atoms with Gasteiger partial charge in [-0.25, -0.2) is 4.79 Å². The van der Waals surface area contributed by atoms with Crippen LogP contribution < -0.4 is 5.32 Å². The van der Waals surface area contributed by atoms with Gasteiger partial charge in [-0.2, -0.15) is 0 Å². The smallest absolute Gasteiger partial charge is 0.339 e. The van der Waals surface area contributed by atoms with Gasteiger partial charge in [-0.1, -0.05) is 6.92 Å². The van der Waals surface area contributed by atoms with E-state index >= 15 is 0 Å². The number of aromatic carboxylic acids is 1. The Balaban J connectivity index is 2.90. The maximum absolute atomic E-state index is 10.8. The molecule has 1 aromatic rings. The molecule has 0 saturated heterocycles. The van der Waals surface area contributed by atoms with Crippen LogP contribution in [-0.4, -0.2) is 22.1 Å². The number of rotatable bonds is 4. The standard InChI is InChI=1S/C10H14N2O2/c1-3-7(2)12-9-4-5-11-6-8(9)10(13)14/h4-7H,3H2,1-2H3,(H,11,12)(H,13,14). The van der Waals surface area contributed by atoms with Gasteiger partial charge in [-0.05, 0) is 19.4 Å². The number of hydrogen-bond acceptors (Lipinski definition) is 3. The summed E-state index contributed by atoms with van der Waals surface area (Å²) in [4.78, 5) is 14.6. The Kier molecular flexibility index (Phi) is 3.45. The molecule has 0 aliphatic heterocycles. The van der Waals surface area contributed by atoms with Crippen molar-refractivity contribution in [3.05, 3.63) is 24.0 Å². The summed E-state index contributed by atoms with van der Waals surface area (Å²) in [5, 5.41) is 12.0. The second kappa shape index (κ2) is 4.60. The number of pyridine rings is 1. The zero-order chi connectivity index (χ0) is 10.6. The van der Waals surface area contributed by atoms with E-state index in [2.05, 4.69) is 10.3 Å². The van der Waals surface area contributed by atoms with Gasteiger partial charge < -0.3 is 10.4 Å². The normalized spacial score (nSPS) is 12.1. The van der Waals surface area contributed by atoms with E-state index in [1.807, 2.05) is 13.8 Å². The summed E-state index contributed by atoms with van der Waals surface area (Å²) < 4.78 is 0. The van der Waals surface area contributed by atoms with E-state index in [9.17, 15) is 4.79 Å². The average molecular weight is 194 g/mol. The summed E-state index contributed by atoms with van der Waals surface area (Å²) in [6, 6.07) is 1.94. The van der Waals surface area contributed by atoms with Gasteiger partial charge in [0.1, 0.15) is 5.56 Å². The zero-order valence-corrected chi connectivity index (χ0v) is 8.32. The molecule has 2 N–H and O–H groups in total. The zero-order valence-electron chi connectivity index (χ0n) is 8.32. The molecule has 1 unspecified atom stereocenters. The molecule has 1 atom stereocenters. The minimum absolute atomic E-state index is 0.216. The van der Waals surface area contributed by atoms with Gasteiger partial charge in [-0.3, -0.25) is 4.98 Å². The first kappa shape index (κ1) is 10.5. The second-order valence-electron chi connectivity index (χ2n) is 3.18. The fourth-order valence-electron chi connectivity index (χ4n) is 1.06. The van der Waals surface area contributed by atoms with Crippen molar-refractivity contribution >= 4 is 11.7 Å². The molecule has 0 saturated carbocycles. The Morgan fingerprint density at radius 2 is 2.43 bits per heavy atom. The van der Waals surface area contributed by atoms with Crippen LogP contribution in [0.15, 0.2) is 18.5 Å². The fraction of sp³-hybridized carbons (Fsp3) is 0.400. The highest BCUT2D eigenvalue weighted by Crippen LogP contribution is 2.15. The molecular weight excluding hydrogens is 180 g/mol. The van der Waals surface area contributed by atoms with Crippen LogP contribution in [0.5, 0.6) is 0 Å². The fourth-order valence-corrected chi connectivity index (χ4v) is 1.06. The third-order valence-electron chi connectivity index (χ3n) is 2.07. The van der Waals surface area contributed by atoms with Crippen LogP contribution >= 0.6 is 0 Å². The predicted octanol–water partition coefficient (Wildman–Crippen LogP) is 1.99. The lowest BCUT2D eigenvalue weighted by Crippen LogP contribution is -2.16. The van der Waals surface area contributed by atoms with Crippen molar-refractivity contribution in [1.82, 2.24) is 4.98 Å². The highest BCUT2D eigenvalue weighted by Gasteiger charge is 2.10. The van der Waals surface area contributed by atoms with Crippen LogP contribution in [0.2, 0.25) is 0 Å². The van der Waals surface area contributed by atoms with Gasteiger partial charge in [0.15, 0.2) is 0 Å². The van der Waals surface area contributed by atoms with Gasteiger partial charge in [0, 0.05) is 18.4 Å². The van der Waals surface area contributed by atoms with Crippen molar-refractivity contribution < 1.29 is 9.90 Å². The third kappa shape index (κ3) is 2.45. The summed E-state index contributed by atoms with van der Waals surface area (Å²) in [5.41, 5.74) is 0.842. The lowest BCUT2D eigenvalue weighted by Gasteiger charge is -2.14. The van der Waals surface area contributed by atoms with Crippen LogP contribution in [-0.2, 0) is 0 Å². The van der Waals surface area contributed by atoms with E-state index < -0.39 is 5.97 Å². The number of anilines is 1. The topological polar surface area (TPSA) is 62.2 Å². The monoisotopic (exact) mass is 194 g/mol. The van der Waals surface area contributed by atoms with Gasteiger partial charge in [0.2, 0.25) is 0 Å². The van der Waals surface area contributed by atoms with Gasteiger partial charge in [0.05, 0.1) is 5.69 Å². The van der Waals surface area contributed by atoms with Crippen molar-refractivity contribution in [2.45, 2.75) is 26.3 Å². The average Bonchev–Trinajstić information content (AvgIpc) is 2.18. The molecule has 0 radical (unpaired) electrons. The number of nitrogens with one attached hydrogen (secondary N) is 1.